The van der Waals surface area contributed by atoms with E-state index in [1.807, 2.05) is 6.07 Å². The molecule has 0 radical (unpaired) electrons. The highest BCUT2D eigenvalue weighted by Crippen LogP contribution is 2.35. The number of carboxylic acids is 1. The zero-order chi connectivity index (χ0) is 20.8. The highest BCUT2D eigenvalue weighted by Gasteiger charge is 2.27. The second-order valence-corrected chi connectivity index (χ2v) is 9.50. The summed E-state index contributed by atoms with van der Waals surface area (Å²) in [5.41, 5.74) is 1.42. The van der Waals surface area contributed by atoms with Crippen LogP contribution in [0.25, 0.3) is 21.5 Å². The summed E-state index contributed by atoms with van der Waals surface area (Å²) in [5, 5.41) is 9.49. The molecule has 0 atom stereocenters. The van der Waals surface area contributed by atoms with Gasteiger partial charge in [-0.1, -0.05) is 6.07 Å². The molecule has 148 valence electrons. The minimum atomic E-state index is -4.02. The number of thiophene rings is 1. The molecule has 3 aromatic heterocycles. The molecule has 0 aliphatic rings. The Balaban J connectivity index is 1.91. The first-order valence-corrected chi connectivity index (χ1v) is 10.8. The summed E-state index contributed by atoms with van der Waals surface area (Å²) in [6, 6.07) is 12.2. The SMILES string of the molecule is Cc1c(CC(=O)O)c2cc(F)ccc2n1S(=O)(=O)c1ccc(-c2ccccn2)s1. The van der Waals surface area contributed by atoms with Gasteiger partial charge in [0.1, 0.15) is 10.0 Å². The average Bonchev–Trinajstić information content (AvgIpc) is 3.27. The molecule has 0 saturated heterocycles. The largest absolute Gasteiger partial charge is 0.481 e. The molecule has 1 aromatic carbocycles. The maximum absolute atomic E-state index is 13.8. The average molecular weight is 430 g/mol. The molecular formula is C20H15FN2O4S2. The first-order chi connectivity index (χ1) is 13.8. The molecular weight excluding hydrogens is 415 g/mol. The predicted molar refractivity (Wildman–Crippen MR) is 108 cm³/mol. The summed E-state index contributed by atoms with van der Waals surface area (Å²) in [6.45, 7) is 1.53. The van der Waals surface area contributed by atoms with Gasteiger partial charge in [-0.15, -0.1) is 11.3 Å². The van der Waals surface area contributed by atoms with Gasteiger partial charge in [-0.3, -0.25) is 9.78 Å². The highest BCUT2D eigenvalue weighted by atomic mass is 32.2. The second-order valence-electron chi connectivity index (χ2n) is 6.40. The topological polar surface area (TPSA) is 89.3 Å². The number of halogens is 1. The van der Waals surface area contributed by atoms with Gasteiger partial charge in [0.2, 0.25) is 0 Å². The first-order valence-electron chi connectivity index (χ1n) is 8.57. The molecule has 0 fully saturated rings. The Morgan fingerprint density at radius 3 is 2.69 bits per heavy atom. The van der Waals surface area contributed by atoms with Crippen molar-refractivity contribution in [3.8, 4) is 10.6 Å². The Morgan fingerprint density at radius 2 is 2.00 bits per heavy atom. The summed E-state index contributed by atoms with van der Waals surface area (Å²) in [7, 11) is -4.02. The number of hydrogen-bond donors (Lipinski definition) is 1. The lowest BCUT2D eigenvalue weighted by atomic mass is 10.1. The molecule has 4 aromatic rings. The van der Waals surface area contributed by atoms with Crippen molar-refractivity contribution in [2.24, 2.45) is 0 Å². The van der Waals surface area contributed by atoms with E-state index in [1.54, 1.807) is 24.4 Å². The van der Waals surface area contributed by atoms with E-state index in [0.717, 1.165) is 21.4 Å². The van der Waals surface area contributed by atoms with Crippen molar-refractivity contribution in [2.45, 2.75) is 17.6 Å². The Hall–Kier alpha value is -3.04. The molecule has 3 heterocycles. The number of rotatable bonds is 5. The molecule has 0 unspecified atom stereocenters. The fourth-order valence-electron chi connectivity index (χ4n) is 3.30. The number of carbonyl (C=O) groups is 1. The van der Waals surface area contributed by atoms with Crippen LogP contribution in [0.4, 0.5) is 4.39 Å². The Labute approximate surface area is 169 Å². The first kappa shape index (κ1) is 19.3. The van der Waals surface area contributed by atoms with E-state index in [2.05, 4.69) is 4.98 Å². The van der Waals surface area contributed by atoms with Gasteiger partial charge in [0.05, 0.1) is 22.5 Å². The summed E-state index contributed by atoms with van der Waals surface area (Å²) in [4.78, 5) is 16.2. The van der Waals surface area contributed by atoms with Crippen LogP contribution in [0.2, 0.25) is 0 Å². The molecule has 9 heteroatoms. The molecule has 0 aliphatic carbocycles. The Morgan fingerprint density at radius 1 is 1.21 bits per heavy atom. The van der Waals surface area contributed by atoms with Crippen molar-refractivity contribution in [3.63, 3.8) is 0 Å². The number of fused-ring (bicyclic) bond motifs is 1. The van der Waals surface area contributed by atoms with Crippen LogP contribution in [0, 0.1) is 12.7 Å². The van der Waals surface area contributed by atoms with Crippen molar-refractivity contribution in [1.29, 1.82) is 0 Å². The minimum Gasteiger partial charge on any atom is -0.481 e. The van der Waals surface area contributed by atoms with E-state index in [-0.39, 0.29) is 26.4 Å². The molecule has 4 rings (SSSR count). The van der Waals surface area contributed by atoms with Gasteiger partial charge < -0.3 is 5.11 Å². The molecule has 0 aliphatic heterocycles. The van der Waals surface area contributed by atoms with Crippen molar-refractivity contribution in [3.05, 3.63) is 71.8 Å². The number of carboxylic acid groups (broad SMARTS) is 1. The van der Waals surface area contributed by atoms with Gasteiger partial charge in [-0.2, -0.15) is 8.42 Å². The molecule has 0 amide bonds. The lowest BCUT2D eigenvalue weighted by Crippen LogP contribution is -2.13. The lowest BCUT2D eigenvalue weighted by molar-refractivity contribution is -0.136. The van der Waals surface area contributed by atoms with Gasteiger partial charge in [0.25, 0.3) is 10.0 Å². The summed E-state index contributed by atoms with van der Waals surface area (Å²) in [6.07, 6.45) is 1.22. The van der Waals surface area contributed by atoms with E-state index < -0.39 is 28.2 Å². The van der Waals surface area contributed by atoms with Crippen LogP contribution < -0.4 is 0 Å². The lowest BCUT2D eigenvalue weighted by Gasteiger charge is -2.08. The van der Waals surface area contributed by atoms with Crippen molar-refractivity contribution in [1.82, 2.24) is 8.96 Å². The predicted octanol–water partition coefficient (Wildman–Crippen LogP) is 4.08. The van der Waals surface area contributed by atoms with Crippen LogP contribution in [0.5, 0.6) is 0 Å². The standard InChI is InChI=1S/C20H15FN2O4S2/c1-12-14(11-19(24)25)15-10-13(21)5-6-17(15)23(12)29(26,27)20-8-7-18(28-20)16-4-2-3-9-22-16/h2-10H,11H2,1H3,(H,24,25). The molecule has 1 N–H and O–H groups in total. The van der Waals surface area contributed by atoms with Gasteiger partial charge in [0.15, 0.2) is 0 Å². The number of benzene rings is 1. The number of pyridine rings is 1. The quantitative estimate of drug-likeness (QED) is 0.515. The maximum atomic E-state index is 13.8. The molecule has 0 spiro atoms. The van der Waals surface area contributed by atoms with E-state index in [9.17, 15) is 22.7 Å². The van der Waals surface area contributed by atoms with Gasteiger partial charge in [-0.05, 0) is 55.0 Å². The van der Waals surface area contributed by atoms with Crippen LogP contribution in [0.1, 0.15) is 11.3 Å². The van der Waals surface area contributed by atoms with Gasteiger partial charge >= 0.3 is 5.97 Å². The molecule has 0 bridgehead atoms. The van der Waals surface area contributed by atoms with Crippen molar-refractivity contribution >= 4 is 38.2 Å². The smallest absolute Gasteiger partial charge is 0.307 e. The van der Waals surface area contributed by atoms with Crippen molar-refractivity contribution in [2.75, 3.05) is 0 Å². The summed E-state index contributed by atoms with van der Waals surface area (Å²) >= 11 is 1.07. The molecule has 0 saturated carbocycles. The van der Waals surface area contributed by atoms with E-state index in [4.69, 9.17) is 0 Å². The normalized spacial score (nSPS) is 11.8. The zero-order valence-corrected chi connectivity index (χ0v) is 16.8. The summed E-state index contributed by atoms with van der Waals surface area (Å²) < 4.78 is 41.8. The van der Waals surface area contributed by atoms with Crippen LogP contribution in [-0.4, -0.2) is 28.5 Å². The van der Waals surface area contributed by atoms with E-state index in [0.29, 0.717) is 10.6 Å². The third-order valence-electron chi connectivity index (χ3n) is 4.57. The van der Waals surface area contributed by atoms with Gasteiger partial charge in [0, 0.05) is 17.3 Å². The number of aliphatic carboxylic acids is 1. The second kappa shape index (κ2) is 7.09. The third kappa shape index (κ3) is 3.32. The monoisotopic (exact) mass is 430 g/mol. The van der Waals surface area contributed by atoms with Crippen LogP contribution in [0.3, 0.4) is 0 Å². The van der Waals surface area contributed by atoms with Crippen LogP contribution in [0.15, 0.2) is 58.9 Å². The fraction of sp³-hybridized carbons (Fsp3) is 0.100. The van der Waals surface area contributed by atoms with E-state index in [1.165, 1.54) is 25.1 Å². The van der Waals surface area contributed by atoms with Gasteiger partial charge in [-0.25, -0.2) is 8.36 Å². The zero-order valence-electron chi connectivity index (χ0n) is 15.2. The minimum absolute atomic E-state index is 0.0874. The van der Waals surface area contributed by atoms with E-state index >= 15 is 0 Å². The summed E-state index contributed by atoms with van der Waals surface area (Å²) in [5.74, 6) is -1.69. The van der Waals surface area contributed by atoms with Crippen LogP contribution in [-0.2, 0) is 21.2 Å². The number of hydrogen-bond acceptors (Lipinski definition) is 5. The third-order valence-corrected chi connectivity index (χ3v) is 7.95. The Bertz CT molecular complexity index is 1340. The van der Waals surface area contributed by atoms with Crippen LogP contribution >= 0.6 is 11.3 Å². The molecule has 29 heavy (non-hydrogen) atoms. The molecule has 6 nitrogen and oxygen atoms in total. The Kier molecular flexibility index (Phi) is 4.71. The highest BCUT2D eigenvalue weighted by molar-refractivity contribution is 7.92. The maximum Gasteiger partial charge on any atom is 0.307 e. The fourth-order valence-corrected chi connectivity index (χ4v) is 6.24. The number of nitrogens with zero attached hydrogens (tertiary/aromatic N) is 2. The number of aromatic nitrogens is 2. The van der Waals surface area contributed by atoms with Crippen molar-refractivity contribution < 1.29 is 22.7 Å².